The number of rotatable bonds is 7. The molecule has 0 heterocycles. The average Bonchev–Trinajstić information content (AvgIpc) is 3.05. The first-order chi connectivity index (χ1) is 20.6. The van der Waals surface area contributed by atoms with Crippen LogP contribution in [0.1, 0.15) is 21.5 Å². The highest BCUT2D eigenvalue weighted by atomic mass is 16.1. The number of hydrogen-bond acceptors (Lipinski definition) is 3. The van der Waals surface area contributed by atoms with E-state index in [1.54, 1.807) is 0 Å². The Bertz CT molecular complexity index is 1530. The van der Waals surface area contributed by atoms with Crippen LogP contribution in [0, 0.1) is 13.8 Å². The minimum Gasteiger partial charge on any atom is -0.311 e. The maximum atomic E-state index is 10.9. The van der Waals surface area contributed by atoms with Crippen molar-refractivity contribution >= 4 is 40.4 Å². The molecule has 0 aliphatic carbocycles. The molecule has 0 atom stereocenters. The van der Waals surface area contributed by atoms with Crippen molar-refractivity contribution in [2.24, 2.45) is 0 Å². The molecular formula is C39H34N2O. The third-order valence-corrected chi connectivity index (χ3v) is 6.91. The highest BCUT2D eigenvalue weighted by Gasteiger charge is 2.12. The molecule has 0 fully saturated rings. The van der Waals surface area contributed by atoms with Gasteiger partial charge in [-0.3, -0.25) is 4.79 Å². The van der Waals surface area contributed by atoms with E-state index in [0.29, 0.717) is 5.56 Å². The Morgan fingerprint density at radius 2 is 0.619 bits per heavy atom. The van der Waals surface area contributed by atoms with Gasteiger partial charge in [0.1, 0.15) is 6.29 Å². The van der Waals surface area contributed by atoms with Crippen molar-refractivity contribution in [2.75, 3.05) is 9.80 Å². The molecule has 6 rings (SSSR count). The van der Waals surface area contributed by atoms with Gasteiger partial charge in [-0.1, -0.05) is 90.0 Å². The van der Waals surface area contributed by atoms with Gasteiger partial charge in [-0.25, -0.2) is 0 Å². The summed E-state index contributed by atoms with van der Waals surface area (Å²) in [5, 5.41) is 0. The third-order valence-electron chi connectivity index (χ3n) is 6.91. The number of anilines is 6. The quantitative estimate of drug-likeness (QED) is 0.186. The van der Waals surface area contributed by atoms with Crippen LogP contribution in [0.15, 0.2) is 164 Å². The van der Waals surface area contributed by atoms with Crippen molar-refractivity contribution in [1.29, 1.82) is 0 Å². The van der Waals surface area contributed by atoms with Gasteiger partial charge < -0.3 is 9.80 Å². The SMILES string of the molecule is Cc1ccc(N(c2ccc(C)cc2)c2ccc(C=O)cc2)cc1.c1ccc(N(c2ccccc2)c2ccccc2)cc1. The van der Waals surface area contributed by atoms with Gasteiger partial charge in [-0.2, -0.15) is 0 Å². The Morgan fingerprint density at radius 3 is 0.905 bits per heavy atom. The standard InChI is InChI=1S/C21H19NO.C18H15N/c1-16-3-9-19(10-4-16)22(20-11-5-17(2)6-12-20)21-13-7-18(15-23)8-14-21;1-4-10-16(11-5-1)19(17-12-6-2-7-13-17)18-14-8-3-9-15-18/h3-15H,1-2H3;1-15H. The van der Waals surface area contributed by atoms with E-state index in [0.717, 1.165) is 23.3 Å². The van der Waals surface area contributed by atoms with Gasteiger partial charge in [0, 0.05) is 39.7 Å². The molecule has 0 unspecified atom stereocenters. The summed E-state index contributed by atoms with van der Waals surface area (Å²) in [7, 11) is 0. The smallest absolute Gasteiger partial charge is 0.150 e. The molecule has 0 amide bonds. The molecule has 0 saturated heterocycles. The topological polar surface area (TPSA) is 23.6 Å². The van der Waals surface area contributed by atoms with E-state index in [-0.39, 0.29) is 0 Å². The van der Waals surface area contributed by atoms with Crippen LogP contribution in [0.25, 0.3) is 0 Å². The Labute approximate surface area is 248 Å². The van der Waals surface area contributed by atoms with E-state index >= 15 is 0 Å². The summed E-state index contributed by atoms with van der Waals surface area (Å²) < 4.78 is 0. The van der Waals surface area contributed by atoms with Crippen molar-refractivity contribution in [3.63, 3.8) is 0 Å². The minimum atomic E-state index is 0.682. The van der Waals surface area contributed by atoms with Crippen LogP contribution in [0.4, 0.5) is 34.1 Å². The molecule has 0 aromatic heterocycles. The zero-order valence-electron chi connectivity index (χ0n) is 24.0. The number of carbonyl (C=O) groups is 1. The molecule has 0 N–H and O–H groups in total. The van der Waals surface area contributed by atoms with Crippen molar-refractivity contribution in [3.8, 4) is 0 Å². The van der Waals surface area contributed by atoms with E-state index in [9.17, 15) is 4.79 Å². The minimum absolute atomic E-state index is 0.682. The zero-order chi connectivity index (χ0) is 29.1. The first-order valence-corrected chi connectivity index (χ1v) is 14.1. The van der Waals surface area contributed by atoms with Crippen molar-refractivity contribution in [1.82, 2.24) is 0 Å². The van der Waals surface area contributed by atoms with Crippen molar-refractivity contribution in [2.45, 2.75) is 13.8 Å². The van der Waals surface area contributed by atoms with Crippen LogP contribution < -0.4 is 9.80 Å². The lowest BCUT2D eigenvalue weighted by atomic mass is 10.1. The third kappa shape index (κ3) is 7.01. The van der Waals surface area contributed by atoms with E-state index in [1.165, 1.54) is 28.2 Å². The summed E-state index contributed by atoms with van der Waals surface area (Å²) >= 11 is 0. The van der Waals surface area contributed by atoms with Crippen molar-refractivity contribution in [3.05, 3.63) is 180 Å². The van der Waals surface area contributed by atoms with Crippen LogP contribution in [-0.4, -0.2) is 6.29 Å². The summed E-state index contributed by atoms with van der Waals surface area (Å²) in [6.45, 7) is 4.16. The van der Waals surface area contributed by atoms with Gasteiger partial charge in [0.2, 0.25) is 0 Å². The van der Waals surface area contributed by atoms with E-state index in [4.69, 9.17) is 0 Å². The second kappa shape index (κ2) is 13.8. The summed E-state index contributed by atoms with van der Waals surface area (Å²) in [6.07, 6.45) is 0.867. The highest BCUT2D eigenvalue weighted by molar-refractivity contribution is 5.80. The molecule has 6 aromatic rings. The lowest BCUT2D eigenvalue weighted by Gasteiger charge is -2.25. The van der Waals surface area contributed by atoms with Gasteiger partial charge in [-0.05, 0) is 98.8 Å². The van der Waals surface area contributed by atoms with E-state index < -0.39 is 0 Å². The maximum absolute atomic E-state index is 10.9. The number of para-hydroxylation sites is 3. The second-order valence-electron chi connectivity index (χ2n) is 10.1. The van der Waals surface area contributed by atoms with Crippen LogP contribution in [0.5, 0.6) is 0 Å². The highest BCUT2D eigenvalue weighted by Crippen LogP contribution is 2.35. The fourth-order valence-electron chi connectivity index (χ4n) is 4.72. The first-order valence-electron chi connectivity index (χ1n) is 14.1. The van der Waals surface area contributed by atoms with Gasteiger partial charge in [0.15, 0.2) is 0 Å². The molecule has 6 aromatic carbocycles. The molecule has 0 radical (unpaired) electrons. The summed E-state index contributed by atoms with van der Waals surface area (Å²) in [6, 6.07) is 55.8. The molecule has 3 heteroatoms. The predicted octanol–water partition coefficient (Wildman–Crippen LogP) is 10.7. The Hall–Kier alpha value is -5.41. The largest absolute Gasteiger partial charge is 0.311 e. The Balaban J connectivity index is 0.000000171. The monoisotopic (exact) mass is 546 g/mol. The summed E-state index contributed by atoms with van der Waals surface area (Å²) in [5.74, 6) is 0. The number of aldehydes is 1. The van der Waals surface area contributed by atoms with Crippen LogP contribution >= 0.6 is 0 Å². The Morgan fingerprint density at radius 1 is 0.357 bits per heavy atom. The number of hydrogen-bond donors (Lipinski definition) is 0. The van der Waals surface area contributed by atoms with Gasteiger partial charge in [0.05, 0.1) is 0 Å². The predicted molar refractivity (Wildman–Crippen MR) is 177 cm³/mol. The molecule has 42 heavy (non-hydrogen) atoms. The van der Waals surface area contributed by atoms with E-state index in [1.807, 2.05) is 42.5 Å². The molecule has 0 aliphatic heterocycles. The number of nitrogens with zero attached hydrogens (tertiary/aromatic N) is 2. The summed E-state index contributed by atoms with van der Waals surface area (Å²) in [4.78, 5) is 15.3. The van der Waals surface area contributed by atoms with E-state index in [2.05, 4.69) is 145 Å². The van der Waals surface area contributed by atoms with Crippen LogP contribution in [-0.2, 0) is 0 Å². The number of aryl methyl sites for hydroxylation is 2. The molecule has 0 spiro atoms. The second-order valence-corrected chi connectivity index (χ2v) is 10.1. The zero-order valence-corrected chi connectivity index (χ0v) is 24.0. The van der Waals surface area contributed by atoms with Gasteiger partial charge in [-0.15, -0.1) is 0 Å². The average molecular weight is 547 g/mol. The molecule has 3 nitrogen and oxygen atoms in total. The number of benzene rings is 6. The molecule has 206 valence electrons. The maximum Gasteiger partial charge on any atom is 0.150 e. The van der Waals surface area contributed by atoms with Crippen LogP contribution in [0.3, 0.4) is 0 Å². The molecule has 0 bridgehead atoms. The Kier molecular flexibility index (Phi) is 9.23. The molecular weight excluding hydrogens is 512 g/mol. The number of carbonyl (C=O) groups excluding carboxylic acids is 1. The fourth-order valence-corrected chi connectivity index (χ4v) is 4.72. The fraction of sp³-hybridized carbons (Fsp3) is 0.0513. The molecule has 0 aliphatic rings. The molecule has 0 saturated carbocycles. The normalized spacial score (nSPS) is 10.2. The lowest BCUT2D eigenvalue weighted by Crippen LogP contribution is -2.09. The summed E-state index contributed by atoms with van der Waals surface area (Å²) in [5.41, 5.74) is 9.86. The van der Waals surface area contributed by atoms with Gasteiger partial charge >= 0.3 is 0 Å². The van der Waals surface area contributed by atoms with Crippen LogP contribution in [0.2, 0.25) is 0 Å². The first kappa shape index (κ1) is 28.1. The van der Waals surface area contributed by atoms with Crippen molar-refractivity contribution < 1.29 is 4.79 Å². The lowest BCUT2D eigenvalue weighted by molar-refractivity contribution is 0.112. The van der Waals surface area contributed by atoms with Gasteiger partial charge in [0.25, 0.3) is 0 Å².